The number of amides is 1. The lowest BCUT2D eigenvalue weighted by atomic mass is 10.2. The van der Waals surface area contributed by atoms with E-state index in [4.69, 9.17) is 5.41 Å². The standard InChI is InChI=1S/C8H5NOS.CHNS/c10-8(9-6-11)7-4-2-1-3-5-7;2-1-3/h1-5H;2H. The van der Waals surface area contributed by atoms with Crippen LogP contribution >= 0.6 is 24.4 Å². The van der Waals surface area contributed by atoms with Crippen molar-refractivity contribution < 1.29 is 4.79 Å². The fourth-order valence-corrected chi connectivity index (χ4v) is 0.770. The van der Waals surface area contributed by atoms with Crippen LogP contribution in [0.4, 0.5) is 0 Å². The summed E-state index contributed by atoms with van der Waals surface area (Å²) in [7, 11) is 0. The Morgan fingerprint density at radius 1 is 1.29 bits per heavy atom. The summed E-state index contributed by atoms with van der Waals surface area (Å²) in [4.78, 5) is 14.3. The third-order valence-corrected chi connectivity index (χ3v) is 1.26. The molecule has 3 nitrogen and oxygen atoms in total. The maximum absolute atomic E-state index is 10.9. The van der Waals surface area contributed by atoms with E-state index in [0.717, 1.165) is 0 Å². The van der Waals surface area contributed by atoms with E-state index in [1.807, 2.05) is 11.2 Å². The molecule has 0 fully saturated rings. The summed E-state index contributed by atoms with van der Waals surface area (Å²) < 4.78 is 0. The van der Waals surface area contributed by atoms with Crippen LogP contribution in [0.5, 0.6) is 0 Å². The average molecular weight is 222 g/mol. The van der Waals surface area contributed by atoms with Crippen LogP contribution in [0.1, 0.15) is 10.4 Å². The molecule has 1 rings (SSSR count). The van der Waals surface area contributed by atoms with Crippen molar-refractivity contribution in [3.63, 3.8) is 0 Å². The fraction of sp³-hybridized carbons (Fsp3) is 0. The molecule has 0 spiro atoms. The number of carbonyl (C=O) groups excluding carboxylic acids is 1. The number of thiocarbonyl (C=S) groups is 2. The third kappa shape index (κ3) is 5.19. The van der Waals surface area contributed by atoms with Gasteiger partial charge in [-0.25, -0.2) is 5.41 Å². The zero-order valence-corrected chi connectivity index (χ0v) is 8.69. The number of benzene rings is 1. The molecule has 0 saturated heterocycles. The molecule has 0 saturated carbocycles. The smallest absolute Gasteiger partial charge is 0.266 e. The van der Waals surface area contributed by atoms with E-state index >= 15 is 0 Å². The maximum atomic E-state index is 10.9. The van der Waals surface area contributed by atoms with Gasteiger partial charge in [-0.3, -0.25) is 4.79 Å². The highest BCUT2D eigenvalue weighted by molar-refractivity contribution is 7.78. The van der Waals surface area contributed by atoms with Crippen LogP contribution in [-0.4, -0.2) is 16.2 Å². The maximum Gasteiger partial charge on any atom is 0.285 e. The molecular weight excluding hydrogens is 216 g/mol. The highest BCUT2D eigenvalue weighted by atomic mass is 32.1. The first kappa shape index (κ1) is 12.5. The molecule has 0 aliphatic heterocycles. The number of nitrogens with one attached hydrogen (secondary N) is 1. The second-order valence-corrected chi connectivity index (χ2v) is 2.36. The van der Waals surface area contributed by atoms with E-state index in [2.05, 4.69) is 29.4 Å². The van der Waals surface area contributed by atoms with Gasteiger partial charge in [0.05, 0.1) is 10.3 Å². The molecule has 1 amide bonds. The van der Waals surface area contributed by atoms with Gasteiger partial charge in [-0.15, -0.1) is 0 Å². The molecule has 1 N–H and O–H groups in total. The molecule has 0 radical (unpaired) electrons. The van der Waals surface area contributed by atoms with Gasteiger partial charge in [-0.1, -0.05) is 18.2 Å². The molecular formula is C9H6N2OS2. The van der Waals surface area contributed by atoms with Gasteiger partial charge in [-0.2, -0.15) is 4.99 Å². The van der Waals surface area contributed by atoms with E-state index in [1.165, 1.54) is 0 Å². The molecule has 0 aromatic heterocycles. The quantitative estimate of drug-likeness (QED) is 0.587. The number of isothiocyanates is 2. The van der Waals surface area contributed by atoms with Crippen LogP contribution in [0, 0.1) is 5.41 Å². The number of nitrogens with zero attached hydrogens (tertiary/aromatic N) is 1. The average Bonchev–Trinajstić information content (AvgIpc) is 2.21. The van der Waals surface area contributed by atoms with Gasteiger partial charge in [0.1, 0.15) is 0 Å². The van der Waals surface area contributed by atoms with Gasteiger partial charge >= 0.3 is 0 Å². The van der Waals surface area contributed by atoms with Gasteiger partial charge in [0.25, 0.3) is 5.91 Å². The fourth-order valence-electron chi connectivity index (χ4n) is 0.687. The minimum atomic E-state index is -0.347. The third-order valence-electron chi connectivity index (χ3n) is 1.17. The largest absolute Gasteiger partial charge is 0.285 e. The van der Waals surface area contributed by atoms with Crippen molar-refractivity contribution in [1.82, 2.24) is 0 Å². The minimum Gasteiger partial charge on any atom is -0.266 e. The van der Waals surface area contributed by atoms with E-state index in [-0.39, 0.29) is 5.91 Å². The normalized spacial score (nSPS) is 7.14. The number of rotatable bonds is 1. The van der Waals surface area contributed by atoms with Crippen molar-refractivity contribution in [2.45, 2.75) is 0 Å². The molecule has 0 aliphatic rings. The first-order valence-electron chi connectivity index (χ1n) is 3.47. The summed E-state index contributed by atoms with van der Waals surface area (Å²) in [5.41, 5.74) is 0.532. The first-order valence-corrected chi connectivity index (χ1v) is 4.29. The molecule has 1 aromatic rings. The van der Waals surface area contributed by atoms with E-state index in [0.29, 0.717) is 5.56 Å². The van der Waals surface area contributed by atoms with Crippen molar-refractivity contribution in [1.29, 1.82) is 5.41 Å². The second kappa shape index (κ2) is 8.10. The van der Waals surface area contributed by atoms with Crippen molar-refractivity contribution in [2.24, 2.45) is 4.99 Å². The topological polar surface area (TPSA) is 53.3 Å². The lowest BCUT2D eigenvalue weighted by Gasteiger charge is -1.89. The Bertz CT molecular complexity index is 377. The molecule has 0 heterocycles. The van der Waals surface area contributed by atoms with Crippen LogP contribution in [0.2, 0.25) is 0 Å². The Balaban J connectivity index is 0.000000500. The Labute approximate surface area is 92.0 Å². The Morgan fingerprint density at radius 2 is 1.79 bits per heavy atom. The van der Waals surface area contributed by atoms with Gasteiger partial charge in [-0.05, 0) is 36.6 Å². The summed E-state index contributed by atoms with van der Waals surface area (Å²) in [6.07, 6.45) is 0. The highest BCUT2D eigenvalue weighted by Gasteiger charge is 1.99. The lowest BCUT2D eigenvalue weighted by Crippen LogP contribution is -1.91. The SMILES string of the molecule is N=C=S.O=C(N=C=S)c1ccccc1. The molecule has 5 heteroatoms. The first-order chi connectivity index (χ1) is 6.76. The highest BCUT2D eigenvalue weighted by Crippen LogP contribution is 1.99. The molecule has 0 bridgehead atoms. The Kier molecular flexibility index (Phi) is 7.23. The van der Waals surface area contributed by atoms with Crippen molar-refractivity contribution in [2.75, 3.05) is 0 Å². The van der Waals surface area contributed by atoms with Gasteiger partial charge < -0.3 is 0 Å². The zero-order chi connectivity index (χ0) is 10.8. The number of carbonyl (C=O) groups is 1. The summed E-state index contributed by atoms with van der Waals surface area (Å²) in [6.45, 7) is 0. The van der Waals surface area contributed by atoms with Crippen LogP contribution in [0.25, 0.3) is 0 Å². The lowest BCUT2D eigenvalue weighted by molar-refractivity contribution is 0.100. The molecule has 14 heavy (non-hydrogen) atoms. The molecule has 0 atom stereocenters. The van der Waals surface area contributed by atoms with Crippen LogP contribution in [0.15, 0.2) is 35.3 Å². The van der Waals surface area contributed by atoms with Crippen LogP contribution in [-0.2, 0) is 0 Å². The van der Waals surface area contributed by atoms with Crippen molar-refractivity contribution in [3.8, 4) is 0 Å². The Morgan fingerprint density at radius 3 is 2.21 bits per heavy atom. The van der Waals surface area contributed by atoms with Crippen molar-refractivity contribution >= 4 is 40.7 Å². The molecule has 0 aliphatic carbocycles. The zero-order valence-electron chi connectivity index (χ0n) is 7.06. The summed E-state index contributed by atoms with van der Waals surface area (Å²) in [5.74, 6) is -0.347. The summed E-state index contributed by atoms with van der Waals surface area (Å²) >= 11 is 8.10. The van der Waals surface area contributed by atoms with E-state index < -0.39 is 0 Å². The van der Waals surface area contributed by atoms with Crippen molar-refractivity contribution in [3.05, 3.63) is 35.9 Å². The molecule has 70 valence electrons. The monoisotopic (exact) mass is 222 g/mol. The van der Waals surface area contributed by atoms with Crippen LogP contribution in [0.3, 0.4) is 0 Å². The van der Waals surface area contributed by atoms with E-state index in [1.54, 1.807) is 29.4 Å². The predicted molar refractivity (Wildman–Crippen MR) is 61.1 cm³/mol. The predicted octanol–water partition coefficient (Wildman–Crippen LogP) is 2.60. The van der Waals surface area contributed by atoms with Gasteiger partial charge in [0.2, 0.25) is 0 Å². The van der Waals surface area contributed by atoms with E-state index in [9.17, 15) is 4.79 Å². The summed E-state index contributed by atoms with van der Waals surface area (Å²) in [6, 6.07) is 8.73. The Hall–Kier alpha value is -1.51. The molecule has 0 unspecified atom stereocenters. The summed E-state index contributed by atoms with van der Waals surface area (Å²) in [5, 5.41) is 9.38. The van der Waals surface area contributed by atoms with Crippen LogP contribution < -0.4 is 0 Å². The van der Waals surface area contributed by atoms with Gasteiger partial charge in [0, 0.05) is 5.56 Å². The minimum absolute atomic E-state index is 0.347. The number of hydrogen-bond donors (Lipinski definition) is 1. The number of hydrogen-bond acceptors (Lipinski definition) is 4. The number of aliphatic imine (C=N–C) groups is 1. The molecule has 1 aromatic carbocycles. The van der Waals surface area contributed by atoms with Gasteiger partial charge in [0.15, 0.2) is 0 Å². The second-order valence-electron chi connectivity index (χ2n) is 1.98.